The van der Waals surface area contributed by atoms with E-state index in [1.54, 1.807) is 14.0 Å². The van der Waals surface area contributed by atoms with E-state index >= 15 is 0 Å². The number of ether oxygens (including phenoxy) is 2. The van der Waals surface area contributed by atoms with E-state index in [1.165, 1.54) is 0 Å². The number of rotatable bonds is 7. The Morgan fingerprint density at radius 1 is 1.42 bits per heavy atom. The predicted molar refractivity (Wildman–Crippen MR) is 90.8 cm³/mol. The lowest BCUT2D eigenvalue weighted by molar-refractivity contribution is -0.911. The topological polar surface area (TPSA) is 69.1 Å². The van der Waals surface area contributed by atoms with Crippen molar-refractivity contribution in [3.63, 3.8) is 0 Å². The van der Waals surface area contributed by atoms with Gasteiger partial charge < -0.3 is 19.7 Å². The van der Waals surface area contributed by atoms with Gasteiger partial charge in [-0.15, -0.1) is 0 Å². The number of carbonyl (C=O) groups is 2. The Hall–Kier alpha value is -2.34. The minimum atomic E-state index is -0.403. The van der Waals surface area contributed by atoms with Crippen LogP contribution in [0.3, 0.4) is 0 Å². The second kappa shape index (κ2) is 9.08. The Morgan fingerprint density at radius 3 is 2.96 bits per heavy atom. The van der Waals surface area contributed by atoms with E-state index in [4.69, 9.17) is 9.47 Å². The molecule has 2 atom stereocenters. The summed E-state index contributed by atoms with van der Waals surface area (Å²) in [5.41, 5.74) is 0.989. The highest BCUT2D eigenvalue weighted by Crippen LogP contribution is 2.18. The van der Waals surface area contributed by atoms with E-state index in [0.717, 1.165) is 22.8 Å². The second-order valence-corrected chi connectivity index (χ2v) is 5.61. The van der Waals surface area contributed by atoms with Gasteiger partial charge in [0.05, 0.1) is 33.4 Å². The third-order valence-electron chi connectivity index (χ3n) is 4.05. The van der Waals surface area contributed by atoms with Crippen LogP contribution in [0.5, 0.6) is 5.75 Å². The van der Waals surface area contributed by atoms with Crippen molar-refractivity contribution in [3.05, 3.63) is 35.9 Å². The average Bonchev–Trinajstić information content (AvgIpc) is 2.58. The largest absolute Gasteiger partial charge is 0.496 e. The molecule has 1 heterocycles. The highest BCUT2D eigenvalue weighted by Gasteiger charge is 2.35. The Labute approximate surface area is 142 Å². The number of amides is 1. The Morgan fingerprint density at radius 2 is 2.21 bits per heavy atom. The number of hydrogen-bond acceptors (Lipinski definition) is 4. The molecular weight excluding hydrogens is 308 g/mol. The molecule has 0 aromatic heterocycles. The fourth-order valence-electron chi connectivity index (χ4n) is 2.84. The van der Waals surface area contributed by atoms with Crippen molar-refractivity contribution in [1.82, 2.24) is 5.32 Å². The van der Waals surface area contributed by atoms with Crippen LogP contribution in [0.1, 0.15) is 18.9 Å². The van der Waals surface area contributed by atoms with Gasteiger partial charge in [0.15, 0.2) is 6.04 Å². The Kier molecular flexibility index (Phi) is 6.81. The Balaban J connectivity index is 2.01. The van der Waals surface area contributed by atoms with Gasteiger partial charge >= 0.3 is 5.97 Å². The van der Waals surface area contributed by atoms with Crippen LogP contribution >= 0.6 is 0 Å². The van der Waals surface area contributed by atoms with Gasteiger partial charge in [-0.25, -0.2) is 0 Å². The lowest BCUT2D eigenvalue weighted by Gasteiger charge is -2.30. The molecule has 0 radical (unpaired) electrons. The minimum absolute atomic E-state index is 0.0880. The summed E-state index contributed by atoms with van der Waals surface area (Å²) >= 11 is 0. The van der Waals surface area contributed by atoms with Gasteiger partial charge in [-0.05, 0) is 25.1 Å². The summed E-state index contributed by atoms with van der Waals surface area (Å²) in [6, 6.07) is 7.35. The van der Waals surface area contributed by atoms with Gasteiger partial charge in [0.1, 0.15) is 12.2 Å². The van der Waals surface area contributed by atoms with Crippen molar-refractivity contribution in [3.8, 4) is 5.75 Å². The molecule has 0 bridgehead atoms. The normalized spacial score (nSPS) is 20.7. The maximum absolute atomic E-state index is 12.1. The SMILES string of the molecule is CCOC(=O)C[C@@H]1C(=O)NCC[NH+]1C/C=C\c1ccccc1OC. The molecule has 2 N–H and O–H groups in total. The number of para-hydroxylation sites is 1. The molecule has 1 unspecified atom stereocenters. The maximum atomic E-state index is 12.1. The molecule has 6 nitrogen and oxygen atoms in total. The van der Waals surface area contributed by atoms with Gasteiger partial charge in [-0.2, -0.15) is 0 Å². The standard InChI is InChI=1S/C18H24N2O4/c1-3-24-17(21)13-15-18(22)19-10-12-20(15)11-6-8-14-7-4-5-9-16(14)23-2/h4-9,15H,3,10-13H2,1-2H3,(H,19,22)/p+1/b8-6-/t15-/m1/s1. The molecule has 24 heavy (non-hydrogen) atoms. The lowest BCUT2D eigenvalue weighted by Crippen LogP contribution is -3.19. The average molecular weight is 333 g/mol. The molecule has 1 aliphatic heterocycles. The fourth-order valence-corrected chi connectivity index (χ4v) is 2.84. The smallest absolute Gasteiger partial charge is 0.312 e. The third-order valence-corrected chi connectivity index (χ3v) is 4.05. The van der Waals surface area contributed by atoms with E-state index in [0.29, 0.717) is 19.7 Å². The van der Waals surface area contributed by atoms with Gasteiger partial charge in [0, 0.05) is 5.56 Å². The first kappa shape index (κ1) is 18.0. The summed E-state index contributed by atoms with van der Waals surface area (Å²) in [4.78, 5) is 24.9. The van der Waals surface area contributed by atoms with Gasteiger partial charge in [0.2, 0.25) is 0 Å². The number of hydrogen-bond donors (Lipinski definition) is 2. The summed E-state index contributed by atoms with van der Waals surface area (Å²) < 4.78 is 10.3. The van der Waals surface area contributed by atoms with Crippen LogP contribution in [-0.2, 0) is 14.3 Å². The molecule has 1 aromatic carbocycles. The number of piperazine rings is 1. The maximum Gasteiger partial charge on any atom is 0.312 e. The highest BCUT2D eigenvalue weighted by molar-refractivity contribution is 5.85. The van der Waals surface area contributed by atoms with Crippen LogP contribution in [-0.4, -0.2) is 51.3 Å². The van der Waals surface area contributed by atoms with Crippen LogP contribution in [0.2, 0.25) is 0 Å². The summed E-state index contributed by atoms with van der Waals surface area (Å²) in [5.74, 6) is 0.393. The van der Waals surface area contributed by atoms with Gasteiger partial charge in [0.25, 0.3) is 5.91 Å². The molecular formula is C18H25N2O4+. The van der Waals surface area contributed by atoms with Crippen molar-refractivity contribution >= 4 is 18.0 Å². The van der Waals surface area contributed by atoms with E-state index in [9.17, 15) is 9.59 Å². The summed E-state index contributed by atoms with van der Waals surface area (Å²) in [6.07, 6.45) is 4.11. The monoisotopic (exact) mass is 333 g/mol. The lowest BCUT2D eigenvalue weighted by atomic mass is 10.1. The van der Waals surface area contributed by atoms with Crippen molar-refractivity contribution in [1.29, 1.82) is 0 Å². The second-order valence-electron chi connectivity index (χ2n) is 5.61. The zero-order valence-electron chi connectivity index (χ0n) is 14.2. The van der Waals surface area contributed by atoms with E-state index in [-0.39, 0.29) is 18.3 Å². The number of benzene rings is 1. The van der Waals surface area contributed by atoms with Crippen LogP contribution in [0.25, 0.3) is 6.08 Å². The molecule has 1 amide bonds. The number of methoxy groups -OCH3 is 1. The van der Waals surface area contributed by atoms with Crippen LogP contribution < -0.4 is 15.0 Å². The summed E-state index contributed by atoms with van der Waals surface area (Å²) in [7, 11) is 1.64. The number of nitrogens with one attached hydrogen (secondary N) is 2. The molecule has 0 aliphatic carbocycles. The van der Waals surface area contributed by atoms with Crippen LogP contribution in [0.15, 0.2) is 30.3 Å². The molecule has 1 saturated heterocycles. The van der Waals surface area contributed by atoms with E-state index < -0.39 is 6.04 Å². The first-order chi connectivity index (χ1) is 11.7. The molecule has 0 saturated carbocycles. The number of carbonyl (C=O) groups excluding carboxylic acids is 2. The first-order valence-electron chi connectivity index (χ1n) is 8.23. The van der Waals surface area contributed by atoms with Gasteiger partial charge in [-0.1, -0.05) is 18.2 Å². The van der Waals surface area contributed by atoms with Crippen molar-refractivity contribution in [2.24, 2.45) is 0 Å². The predicted octanol–water partition coefficient (Wildman–Crippen LogP) is 0.0449. The van der Waals surface area contributed by atoms with Crippen molar-refractivity contribution in [2.45, 2.75) is 19.4 Å². The molecule has 0 spiro atoms. The number of quaternary nitrogens is 1. The fraction of sp³-hybridized carbons (Fsp3) is 0.444. The molecule has 1 aromatic rings. The molecule has 130 valence electrons. The molecule has 1 aliphatic rings. The van der Waals surface area contributed by atoms with E-state index in [1.807, 2.05) is 36.4 Å². The van der Waals surface area contributed by atoms with Crippen LogP contribution in [0, 0.1) is 0 Å². The van der Waals surface area contributed by atoms with Crippen molar-refractivity contribution in [2.75, 3.05) is 33.4 Å². The minimum Gasteiger partial charge on any atom is -0.496 e. The van der Waals surface area contributed by atoms with Crippen LogP contribution in [0.4, 0.5) is 0 Å². The van der Waals surface area contributed by atoms with Gasteiger partial charge in [-0.3, -0.25) is 9.59 Å². The zero-order chi connectivity index (χ0) is 17.4. The summed E-state index contributed by atoms with van der Waals surface area (Å²) in [5, 5.41) is 2.82. The molecule has 6 heteroatoms. The number of esters is 1. The van der Waals surface area contributed by atoms with Crippen molar-refractivity contribution < 1.29 is 24.0 Å². The summed E-state index contributed by atoms with van der Waals surface area (Å²) in [6.45, 7) is 4.16. The molecule has 1 fully saturated rings. The quantitative estimate of drug-likeness (QED) is 0.692. The third kappa shape index (κ3) is 4.83. The van der Waals surface area contributed by atoms with E-state index in [2.05, 4.69) is 5.32 Å². The zero-order valence-corrected chi connectivity index (χ0v) is 14.2. The highest BCUT2D eigenvalue weighted by atomic mass is 16.5. The molecule has 2 rings (SSSR count). The first-order valence-corrected chi connectivity index (χ1v) is 8.23. The Bertz CT molecular complexity index is 600.